The maximum Gasteiger partial charge on any atom is 0.342 e. The van der Waals surface area contributed by atoms with Gasteiger partial charge in [0, 0.05) is 11.8 Å². The van der Waals surface area contributed by atoms with Crippen molar-refractivity contribution in [1.82, 2.24) is 9.97 Å². The standard InChI is InChI=1S/C14H13ClN2O3/c1-3-20-14(18)11-8-16-13(17-12(11)15)9-5-4-6-10(7-9)19-2/h4-8H,3H2,1-2H3. The lowest BCUT2D eigenvalue weighted by atomic mass is 10.2. The van der Waals surface area contributed by atoms with Crippen LogP contribution < -0.4 is 4.74 Å². The fourth-order valence-corrected chi connectivity index (χ4v) is 1.81. The summed E-state index contributed by atoms with van der Waals surface area (Å²) in [5.41, 5.74) is 0.904. The molecule has 0 amide bonds. The molecule has 0 aliphatic carbocycles. The molecule has 0 aliphatic rings. The average Bonchev–Trinajstić information content (AvgIpc) is 2.47. The number of hydrogen-bond donors (Lipinski definition) is 0. The Morgan fingerprint density at radius 3 is 2.85 bits per heavy atom. The van der Waals surface area contributed by atoms with Crippen molar-refractivity contribution >= 4 is 17.6 Å². The van der Waals surface area contributed by atoms with Crippen LogP contribution in [0.15, 0.2) is 30.5 Å². The second-order valence-electron chi connectivity index (χ2n) is 3.85. The van der Waals surface area contributed by atoms with Crippen LogP contribution >= 0.6 is 11.6 Å². The molecule has 0 unspecified atom stereocenters. The van der Waals surface area contributed by atoms with Gasteiger partial charge in [-0.05, 0) is 19.1 Å². The van der Waals surface area contributed by atoms with Crippen molar-refractivity contribution in [2.45, 2.75) is 6.92 Å². The summed E-state index contributed by atoms with van der Waals surface area (Å²) < 4.78 is 10.0. The van der Waals surface area contributed by atoms with Crippen LogP contribution in [0.2, 0.25) is 5.15 Å². The van der Waals surface area contributed by atoms with Crippen LogP contribution in [0.25, 0.3) is 11.4 Å². The van der Waals surface area contributed by atoms with Gasteiger partial charge in [-0.2, -0.15) is 0 Å². The second-order valence-corrected chi connectivity index (χ2v) is 4.21. The third kappa shape index (κ3) is 3.05. The highest BCUT2D eigenvalue weighted by molar-refractivity contribution is 6.32. The van der Waals surface area contributed by atoms with Gasteiger partial charge >= 0.3 is 5.97 Å². The fraction of sp³-hybridized carbons (Fsp3) is 0.214. The Hall–Kier alpha value is -2.14. The van der Waals surface area contributed by atoms with E-state index in [0.717, 1.165) is 5.56 Å². The van der Waals surface area contributed by atoms with E-state index in [9.17, 15) is 4.79 Å². The van der Waals surface area contributed by atoms with Crippen molar-refractivity contribution in [3.05, 3.63) is 41.2 Å². The number of nitrogens with zero attached hydrogens (tertiary/aromatic N) is 2. The lowest BCUT2D eigenvalue weighted by Crippen LogP contribution is -2.07. The summed E-state index contributed by atoms with van der Waals surface area (Å²) in [4.78, 5) is 19.9. The number of esters is 1. The van der Waals surface area contributed by atoms with Gasteiger partial charge in [-0.3, -0.25) is 0 Å². The Kier molecular flexibility index (Phi) is 4.53. The number of rotatable bonds is 4. The van der Waals surface area contributed by atoms with E-state index >= 15 is 0 Å². The van der Waals surface area contributed by atoms with E-state index in [1.54, 1.807) is 20.1 Å². The summed E-state index contributed by atoms with van der Waals surface area (Å²) in [5, 5.41) is 0.0660. The lowest BCUT2D eigenvalue weighted by Gasteiger charge is -2.06. The third-order valence-electron chi connectivity index (χ3n) is 2.57. The van der Waals surface area contributed by atoms with Gasteiger partial charge < -0.3 is 9.47 Å². The topological polar surface area (TPSA) is 61.3 Å². The molecule has 0 aliphatic heterocycles. The van der Waals surface area contributed by atoms with Gasteiger partial charge in [0.25, 0.3) is 0 Å². The number of benzene rings is 1. The number of hydrogen-bond acceptors (Lipinski definition) is 5. The third-order valence-corrected chi connectivity index (χ3v) is 2.85. The van der Waals surface area contributed by atoms with Crippen LogP contribution in [0, 0.1) is 0 Å². The smallest absolute Gasteiger partial charge is 0.342 e. The van der Waals surface area contributed by atoms with E-state index in [0.29, 0.717) is 11.6 Å². The molecule has 0 N–H and O–H groups in total. The minimum absolute atomic E-state index is 0.0660. The highest BCUT2D eigenvalue weighted by atomic mass is 35.5. The van der Waals surface area contributed by atoms with Crippen LogP contribution in [0.4, 0.5) is 0 Å². The van der Waals surface area contributed by atoms with Crippen molar-refractivity contribution in [2.75, 3.05) is 13.7 Å². The number of ether oxygens (including phenoxy) is 2. The monoisotopic (exact) mass is 292 g/mol. The van der Waals surface area contributed by atoms with Crippen LogP contribution in [0.1, 0.15) is 17.3 Å². The maximum absolute atomic E-state index is 11.6. The number of halogens is 1. The van der Waals surface area contributed by atoms with Crippen LogP contribution in [0.5, 0.6) is 5.75 Å². The molecule has 0 saturated heterocycles. The molecule has 104 valence electrons. The Morgan fingerprint density at radius 1 is 1.40 bits per heavy atom. The Labute approximate surface area is 121 Å². The number of carbonyl (C=O) groups excluding carboxylic acids is 1. The molecular weight excluding hydrogens is 280 g/mol. The van der Waals surface area contributed by atoms with Gasteiger partial charge in [-0.15, -0.1) is 0 Å². The molecule has 0 saturated carbocycles. The van der Waals surface area contributed by atoms with Crippen LogP contribution in [0.3, 0.4) is 0 Å². The molecule has 0 fully saturated rings. The van der Waals surface area contributed by atoms with Crippen LogP contribution in [-0.4, -0.2) is 29.7 Å². The van der Waals surface area contributed by atoms with E-state index in [1.165, 1.54) is 6.20 Å². The van der Waals surface area contributed by atoms with Crippen molar-refractivity contribution < 1.29 is 14.3 Å². The maximum atomic E-state index is 11.6. The summed E-state index contributed by atoms with van der Waals surface area (Å²) in [6.45, 7) is 1.99. The van der Waals surface area contributed by atoms with E-state index in [1.807, 2.05) is 18.2 Å². The summed E-state index contributed by atoms with van der Waals surface area (Å²) in [6, 6.07) is 7.26. The predicted molar refractivity (Wildman–Crippen MR) is 75.0 cm³/mol. The lowest BCUT2D eigenvalue weighted by molar-refractivity contribution is 0.0525. The predicted octanol–water partition coefficient (Wildman–Crippen LogP) is 2.98. The first kappa shape index (κ1) is 14.3. The Bertz CT molecular complexity index is 632. The number of aromatic nitrogens is 2. The van der Waals surface area contributed by atoms with Crippen molar-refractivity contribution in [3.63, 3.8) is 0 Å². The quantitative estimate of drug-likeness (QED) is 0.640. The largest absolute Gasteiger partial charge is 0.497 e. The molecule has 1 heterocycles. The van der Waals surface area contributed by atoms with Gasteiger partial charge in [0.05, 0.1) is 13.7 Å². The molecule has 6 heteroatoms. The van der Waals surface area contributed by atoms with E-state index in [2.05, 4.69) is 9.97 Å². The first-order chi connectivity index (χ1) is 9.65. The number of methoxy groups -OCH3 is 1. The molecule has 0 spiro atoms. The minimum atomic E-state index is -0.533. The van der Waals surface area contributed by atoms with Crippen molar-refractivity contribution in [2.24, 2.45) is 0 Å². The van der Waals surface area contributed by atoms with Gasteiger partial charge in [-0.25, -0.2) is 14.8 Å². The molecule has 5 nitrogen and oxygen atoms in total. The van der Waals surface area contributed by atoms with Crippen LogP contribution in [-0.2, 0) is 4.74 Å². The van der Waals surface area contributed by atoms with Crippen molar-refractivity contribution in [3.8, 4) is 17.1 Å². The Morgan fingerprint density at radius 2 is 2.20 bits per heavy atom. The van der Waals surface area contributed by atoms with Crippen molar-refractivity contribution in [1.29, 1.82) is 0 Å². The van der Waals surface area contributed by atoms with Gasteiger partial charge in [-0.1, -0.05) is 23.7 Å². The molecule has 0 radical (unpaired) electrons. The number of carbonyl (C=O) groups is 1. The highest BCUT2D eigenvalue weighted by Crippen LogP contribution is 2.23. The van der Waals surface area contributed by atoms with E-state index in [-0.39, 0.29) is 17.3 Å². The Balaban J connectivity index is 2.35. The fourth-order valence-electron chi connectivity index (χ4n) is 1.61. The summed E-state index contributed by atoms with van der Waals surface area (Å²) in [6.07, 6.45) is 1.36. The zero-order valence-corrected chi connectivity index (χ0v) is 11.8. The minimum Gasteiger partial charge on any atom is -0.497 e. The molecule has 2 aromatic rings. The summed E-state index contributed by atoms with van der Waals surface area (Å²) in [5.74, 6) is 0.577. The van der Waals surface area contributed by atoms with E-state index in [4.69, 9.17) is 21.1 Å². The van der Waals surface area contributed by atoms with Gasteiger partial charge in [0.15, 0.2) is 5.82 Å². The normalized spacial score (nSPS) is 10.2. The molecule has 1 aromatic carbocycles. The first-order valence-electron chi connectivity index (χ1n) is 5.99. The molecule has 1 aromatic heterocycles. The second kappa shape index (κ2) is 6.34. The molecule has 2 rings (SSSR count). The molecular formula is C14H13ClN2O3. The highest BCUT2D eigenvalue weighted by Gasteiger charge is 2.15. The zero-order chi connectivity index (χ0) is 14.5. The molecule has 20 heavy (non-hydrogen) atoms. The average molecular weight is 293 g/mol. The molecule has 0 bridgehead atoms. The van der Waals surface area contributed by atoms with Gasteiger partial charge in [0.2, 0.25) is 0 Å². The SMILES string of the molecule is CCOC(=O)c1cnc(-c2cccc(OC)c2)nc1Cl. The van der Waals surface area contributed by atoms with E-state index < -0.39 is 5.97 Å². The summed E-state index contributed by atoms with van der Waals surface area (Å²) >= 11 is 6.00. The molecule has 0 atom stereocenters. The first-order valence-corrected chi connectivity index (χ1v) is 6.37. The summed E-state index contributed by atoms with van der Waals surface area (Å²) in [7, 11) is 1.58. The zero-order valence-electron chi connectivity index (χ0n) is 11.1. The van der Waals surface area contributed by atoms with Gasteiger partial charge in [0.1, 0.15) is 16.5 Å².